The number of anilines is 1. The van der Waals surface area contributed by atoms with Gasteiger partial charge in [-0.3, -0.25) is 4.99 Å². The number of rotatable bonds is 7. The van der Waals surface area contributed by atoms with E-state index in [0.717, 1.165) is 17.9 Å². The monoisotopic (exact) mass is 489 g/mol. The lowest BCUT2D eigenvalue weighted by Gasteiger charge is -2.11. The Labute approximate surface area is 177 Å². The van der Waals surface area contributed by atoms with E-state index in [4.69, 9.17) is 26.8 Å². The van der Waals surface area contributed by atoms with Gasteiger partial charge in [-0.25, -0.2) is 0 Å². The van der Waals surface area contributed by atoms with Crippen LogP contribution in [-0.2, 0) is 6.42 Å². The minimum Gasteiger partial charge on any atom is -0.497 e. The van der Waals surface area contributed by atoms with Gasteiger partial charge < -0.3 is 20.5 Å². The molecule has 0 radical (unpaired) electrons. The number of ether oxygens (including phenoxy) is 2. The van der Waals surface area contributed by atoms with E-state index in [1.54, 1.807) is 26.4 Å². The highest BCUT2D eigenvalue weighted by molar-refractivity contribution is 14.0. The van der Waals surface area contributed by atoms with Gasteiger partial charge in [0.05, 0.1) is 19.2 Å². The van der Waals surface area contributed by atoms with Crippen molar-refractivity contribution < 1.29 is 9.47 Å². The molecule has 1 atom stereocenters. The summed E-state index contributed by atoms with van der Waals surface area (Å²) in [5.41, 5.74) is 7.97. The molecule has 0 bridgehead atoms. The first-order chi connectivity index (χ1) is 12.0. The Kier molecular flexibility index (Phi) is 9.58. The Bertz CT molecular complexity index is 723. The van der Waals surface area contributed by atoms with Crippen molar-refractivity contribution in [2.75, 3.05) is 26.1 Å². The molecular weight excluding hydrogens is 465 g/mol. The number of nitrogens with zero attached hydrogens (tertiary/aromatic N) is 1. The fourth-order valence-electron chi connectivity index (χ4n) is 2.41. The topological polar surface area (TPSA) is 68.9 Å². The molecule has 0 fully saturated rings. The predicted molar refractivity (Wildman–Crippen MR) is 119 cm³/mol. The first kappa shape index (κ1) is 22.4. The van der Waals surface area contributed by atoms with Crippen LogP contribution in [0.2, 0.25) is 5.02 Å². The molecule has 7 heteroatoms. The van der Waals surface area contributed by atoms with Crippen LogP contribution in [0, 0.1) is 5.92 Å². The number of benzene rings is 2. The van der Waals surface area contributed by atoms with Crippen molar-refractivity contribution in [3.63, 3.8) is 0 Å². The summed E-state index contributed by atoms with van der Waals surface area (Å²) in [7, 11) is 3.24. The molecule has 0 aliphatic heterocycles. The molecule has 0 spiro atoms. The fourth-order valence-corrected chi connectivity index (χ4v) is 2.67. The Morgan fingerprint density at radius 2 is 1.85 bits per heavy atom. The minimum absolute atomic E-state index is 0. The average Bonchev–Trinajstić information content (AvgIpc) is 2.61. The molecule has 0 saturated carbocycles. The standard InChI is InChI=1S/C19H24ClN3O2.HI/c1-13(10-14-4-7-16(24-2)8-5-14)12-22-19(21)23-15-6-9-18(25-3)17(20)11-15;/h4-9,11,13H,10,12H2,1-3H3,(H3,21,22,23);1H. The highest BCUT2D eigenvalue weighted by Crippen LogP contribution is 2.27. The molecule has 2 rings (SSSR count). The van der Waals surface area contributed by atoms with E-state index in [0.29, 0.717) is 29.2 Å². The summed E-state index contributed by atoms with van der Waals surface area (Å²) in [4.78, 5) is 4.41. The summed E-state index contributed by atoms with van der Waals surface area (Å²) in [6, 6.07) is 13.4. The van der Waals surface area contributed by atoms with Crippen molar-refractivity contribution in [2.45, 2.75) is 13.3 Å². The van der Waals surface area contributed by atoms with Gasteiger partial charge in [0.25, 0.3) is 0 Å². The molecular formula is C19H25ClIN3O2. The zero-order valence-corrected chi connectivity index (χ0v) is 18.2. The maximum atomic E-state index is 6.10. The predicted octanol–water partition coefficient (Wildman–Crippen LogP) is 4.58. The number of nitrogens with one attached hydrogen (secondary N) is 1. The Balaban J connectivity index is 0.00000338. The molecule has 2 aromatic carbocycles. The normalized spacial score (nSPS) is 12.1. The maximum Gasteiger partial charge on any atom is 0.193 e. The van der Waals surface area contributed by atoms with Crippen molar-refractivity contribution >= 4 is 47.2 Å². The van der Waals surface area contributed by atoms with Gasteiger partial charge in [0.2, 0.25) is 0 Å². The highest BCUT2D eigenvalue weighted by atomic mass is 127. The lowest BCUT2D eigenvalue weighted by molar-refractivity contribution is 0.414. The second-order valence-corrected chi connectivity index (χ2v) is 6.26. The number of methoxy groups -OCH3 is 2. The van der Waals surface area contributed by atoms with Gasteiger partial charge in [0, 0.05) is 12.2 Å². The first-order valence-corrected chi connectivity index (χ1v) is 8.43. The Morgan fingerprint density at radius 3 is 2.42 bits per heavy atom. The van der Waals surface area contributed by atoms with Crippen LogP contribution in [-0.4, -0.2) is 26.7 Å². The van der Waals surface area contributed by atoms with Crippen molar-refractivity contribution in [1.82, 2.24) is 0 Å². The van der Waals surface area contributed by atoms with Gasteiger partial charge in [-0.05, 0) is 48.2 Å². The van der Waals surface area contributed by atoms with Crippen LogP contribution < -0.4 is 20.5 Å². The van der Waals surface area contributed by atoms with Crippen LogP contribution in [0.15, 0.2) is 47.5 Å². The van der Waals surface area contributed by atoms with Gasteiger partial charge in [0.1, 0.15) is 11.5 Å². The average molecular weight is 490 g/mol. The molecule has 0 aliphatic carbocycles. The van der Waals surface area contributed by atoms with Crippen LogP contribution >= 0.6 is 35.6 Å². The van der Waals surface area contributed by atoms with E-state index in [1.807, 2.05) is 18.2 Å². The minimum atomic E-state index is 0. The molecule has 0 amide bonds. The van der Waals surface area contributed by atoms with E-state index in [1.165, 1.54) is 5.56 Å². The molecule has 0 heterocycles. The Morgan fingerprint density at radius 1 is 1.15 bits per heavy atom. The number of aliphatic imine (C=N–C) groups is 1. The van der Waals surface area contributed by atoms with Crippen molar-refractivity contribution in [3.05, 3.63) is 53.1 Å². The molecule has 5 nitrogen and oxygen atoms in total. The van der Waals surface area contributed by atoms with Crippen molar-refractivity contribution in [2.24, 2.45) is 16.6 Å². The second kappa shape index (κ2) is 11.1. The van der Waals surface area contributed by atoms with Crippen LogP contribution in [0.3, 0.4) is 0 Å². The van der Waals surface area contributed by atoms with Gasteiger partial charge >= 0.3 is 0 Å². The van der Waals surface area contributed by atoms with Crippen LogP contribution in [0.4, 0.5) is 5.69 Å². The van der Waals surface area contributed by atoms with Gasteiger partial charge in [-0.15, -0.1) is 24.0 Å². The van der Waals surface area contributed by atoms with Gasteiger partial charge in [-0.1, -0.05) is 30.7 Å². The zero-order valence-electron chi connectivity index (χ0n) is 15.2. The highest BCUT2D eigenvalue weighted by Gasteiger charge is 2.05. The van der Waals surface area contributed by atoms with Gasteiger partial charge in [0.15, 0.2) is 5.96 Å². The van der Waals surface area contributed by atoms with E-state index >= 15 is 0 Å². The van der Waals surface area contributed by atoms with E-state index < -0.39 is 0 Å². The molecule has 2 aromatic rings. The fraction of sp³-hybridized carbons (Fsp3) is 0.316. The molecule has 0 aromatic heterocycles. The largest absolute Gasteiger partial charge is 0.497 e. The third-order valence-corrected chi connectivity index (χ3v) is 4.04. The smallest absolute Gasteiger partial charge is 0.193 e. The quantitative estimate of drug-likeness (QED) is 0.339. The maximum absolute atomic E-state index is 6.10. The van der Waals surface area contributed by atoms with Crippen LogP contribution in [0.5, 0.6) is 11.5 Å². The van der Waals surface area contributed by atoms with E-state index in [9.17, 15) is 0 Å². The lowest BCUT2D eigenvalue weighted by atomic mass is 10.0. The summed E-state index contributed by atoms with van der Waals surface area (Å²) < 4.78 is 10.3. The first-order valence-electron chi connectivity index (χ1n) is 8.05. The molecule has 3 N–H and O–H groups in total. The summed E-state index contributed by atoms with van der Waals surface area (Å²) in [5, 5.41) is 3.56. The number of guanidine groups is 1. The van der Waals surface area contributed by atoms with Crippen LogP contribution in [0.1, 0.15) is 12.5 Å². The molecule has 0 saturated heterocycles. The van der Waals surface area contributed by atoms with E-state index in [-0.39, 0.29) is 24.0 Å². The van der Waals surface area contributed by atoms with E-state index in [2.05, 4.69) is 29.4 Å². The Hall–Kier alpha value is -1.67. The number of hydrogen-bond donors (Lipinski definition) is 2. The third-order valence-electron chi connectivity index (χ3n) is 3.74. The number of hydrogen-bond acceptors (Lipinski definition) is 3. The second-order valence-electron chi connectivity index (χ2n) is 5.86. The summed E-state index contributed by atoms with van der Waals surface area (Å²) in [6.07, 6.45) is 0.926. The SMILES string of the molecule is COc1ccc(CC(C)CN=C(N)Nc2ccc(OC)c(Cl)c2)cc1.I. The molecule has 0 aliphatic rings. The van der Waals surface area contributed by atoms with Crippen molar-refractivity contribution in [1.29, 1.82) is 0 Å². The van der Waals surface area contributed by atoms with Crippen molar-refractivity contribution in [3.8, 4) is 11.5 Å². The summed E-state index contributed by atoms with van der Waals surface area (Å²) >= 11 is 6.10. The molecule has 26 heavy (non-hydrogen) atoms. The zero-order chi connectivity index (χ0) is 18.2. The number of halogens is 2. The van der Waals surface area contributed by atoms with Crippen LogP contribution in [0.25, 0.3) is 0 Å². The third kappa shape index (κ3) is 6.92. The summed E-state index contributed by atoms with van der Waals surface area (Å²) in [5.74, 6) is 2.22. The molecule has 1 unspecified atom stereocenters. The molecule has 142 valence electrons. The number of nitrogens with two attached hydrogens (primary N) is 1. The lowest BCUT2D eigenvalue weighted by Crippen LogP contribution is -2.23. The summed E-state index contributed by atoms with van der Waals surface area (Å²) in [6.45, 7) is 2.78. The van der Waals surface area contributed by atoms with Gasteiger partial charge in [-0.2, -0.15) is 0 Å².